The maximum Gasteiger partial charge on any atom is 0.0163 e. The Morgan fingerprint density at radius 3 is 1.56 bits per heavy atom. The van der Waals surface area contributed by atoms with Gasteiger partial charge in [-0.1, -0.05) is 41.5 Å². The zero-order valence-corrected chi connectivity index (χ0v) is 14.6. The van der Waals surface area contributed by atoms with Crippen molar-refractivity contribution in [2.24, 2.45) is 11.3 Å². The highest BCUT2D eigenvalue weighted by molar-refractivity contribution is 4.94. The third kappa shape index (κ3) is 5.73. The Balaban J connectivity index is 5.17. The van der Waals surface area contributed by atoms with Crippen LogP contribution < -0.4 is 0 Å². The molecule has 0 amide bonds. The van der Waals surface area contributed by atoms with E-state index in [1.54, 1.807) is 0 Å². The molecule has 0 bridgehead atoms. The number of hydrogen-bond acceptors (Lipinski definition) is 1. The first-order valence-electron chi connectivity index (χ1n) is 7.59. The van der Waals surface area contributed by atoms with Gasteiger partial charge in [-0.3, -0.25) is 4.90 Å². The van der Waals surface area contributed by atoms with Gasteiger partial charge in [-0.25, -0.2) is 0 Å². The topological polar surface area (TPSA) is 3.24 Å². The van der Waals surface area contributed by atoms with Crippen LogP contribution in [0.15, 0.2) is 0 Å². The van der Waals surface area contributed by atoms with Gasteiger partial charge in [0.25, 0.3) is 0 Å². The average molecular weight is 255 g/mol. The average Bonchev–Trinajstić information content (AvgIpc) is 2.09. The molecule has 0 rings (SSSR count). The molecule has 110 valence electrons. The third-order valence-electron chi connectivity index (χ3n) is 3.84. The van der Waals surface area contributed by atoms with Gasteiger partial charge >= 0.3 is 0 Å². The Labute approximate surface area is 116 Å². The Morgan fingerprint density at radius 2 is 1.28 bits per heavy atom. The van der Waals surface area contributed by atoms with Gasteiger partial charge in [-0.05, 0) is 51.9 Å². The van der Waals surface area contributed by atoms with Crippen molar-refractivity contribution >= 4 is 0 Å². The summed E-state index contributed by atoms with van der Waals surface area (Å²) in [6.07, 6.45) is 2.43. The van der Waals surface area contributed by atoms with E-state index in [0.717, 1.165) is 5.92 Å². The van der Waals surface area contributed by atoms with Crippen molar-refractivity contribution in [3.05, 3.63) is 0 Å². The van der Waals surface area contributed by atoms with Gasteiger partial charge in [-0.2, -0.15) is 0 Å². The van der Waals surface area contributed by atoms with Crippen LogP contribution in [0, 0.1) is 11.3 Å². The van der Waals surface area contributed by atoms with E-state index in [-0.39, 0.29) is 11.1 Å². The zero-order valence-electron chi connectivity index (χ0n) is 14.6. The summed E-state index contributed by atoms with van der Waals surface area (Å²) in [5, 5.41) is 0. The molecule has 0 radical (unpaired) electrons. The van der Waals surface area contributed by atoms with Crippen molar-refractivity contribution in [1.29, 1.82) is 0 Å². The molecule has 0 fully saturated rings. The Kier molecular flexibility index (Phi) is 5.93. The van der Waals surface area contributed by atoms with Crippen LogP contribution in [0.2, 0.25) is 0 Å². The van der Waals surface area contributed by atoms with Crippen LogP contribution in [-0.2, 0) is 0 Å². The highest BCUT2D eigenvalue weighted by atomic mass is 15.2. The van der Waals surface area contributed by atoms with Gasteiger partial charge < -0.3 is 0 Å². The smallest absolute Gasteiger partial charge is 0.0163 e. The quantitative estimate of drug-likeness (QED) is 0.618. The van der Waals surface area contributed by atoms with E-state index in [1.807, 2.05) is 0 Å². The lowest BCUT2D eigenvalue weighted by atomic mass is 9.78. The first kappa shape index (κ1) is 18.0. The first-order chi connectivity index (χ1) is 7.82. The largest absolute Gasteiger partial charge is 0.293 e. The van der Waals surface area contributed by atoms with Crippen LogP contribution in [0.4, 0.5) is 0 Å². The summed E-state index contributed by atoms with van der Waals surface area (Å²) >= 11 is 0. The first-order valence-corrected chi connectivity index (χ1v) is 7.59. The number of hydrogen-bond donors (Lipinski definition) is 0. The van der Waals surface area contributed by atoms with E-state index in [4.69, 9.17) is 0 Å². The van der Waals surface area contributed by atoms with E-state index in [2.05, 4.69) is 74.1 Å². The maximum atomic E-state index is 2.73. The number of nitrogens with zero attached hydrogens (tertiary/aromatic N) is 1. The minimum atomic E-state index is 0.252. The van der Waals surface area contributed by atoms with Gasteiger partial charge in [0, 0.05) is 17.6 Å². The predicted molar refractivity (Wildman–Crippen MR) is 84.1 cm³/mol. The van der Waals surface area contributed by atoms with Crippen molar-refractivity contribution in [3.63, 3.8) is 0 Å². The molecule has 1 heteroatoms. The van der Waals surface area contributed by atoms with Gasteiger partial charge in [0.1, 0.15) is 0 Å². The summed E-state index contributed by atoms with van der Waals surface area (Å²) in [6.45, 7) is 24.8. The molecule has 0 aliphatic rings. The fourth-order valence-electron chi connectivity index (χ4n) is 3.26. The molecule has 0 aliphatic carbocycles. The molecule has 0 saturated carbocycles. The van der Waals surface area contributed by atoms with Crippen LogP contribution >= 0.6 is 0 Å². The van der Waals surface area contributed by atoms with E-state index in [1.165, 1.54) is 19.4 Å². The Bertz CT molecular complexity index is 243. The molecule has 0 atom stereocenters. The highest BCUT2D eigenvalue weighted by Gasteiger charge is 2.38. The summed E-state index contributed by atoms with van der Waals surface area (Å²) in [5.74, 6) is 0.718. The van der Waals surface area contributed by atoms with Crippen LogP contribution in [0.1, 0.15) is 82.1 Å². The predicted octanol–water partition coefficient (Wildman–Crippen LogP) is 5.35. The van der Waals surface area contributed by atoms with Crippen molar-refractivity contribution in [1.82, 2.24) is 4.90 Å². The lowest BCUT2D eigenvalue weighted by Gasteiger charge is -2.51. The monoisotopic (exact) mass is 255 g/mol. The van der Waals surface area contributed by atoms with Gasteiger partial charge in [0.15, 0.2) is 0 Å². The summed E-state index contributed by atoms with van der Waals surface area (Å²) in [5.41, 5.74) is 0.906. The van der Waals surface area contributed by atoms with Gasteiger partial charge in [0.05, 0.1) is 0 Å². The molecular formula is C17H37N. The molecule has 1 nitrogen and oxygen atoms in total. The lowest BCUT2D eigenvalue weighted by Crippen LogP contribution is -2.57. The molecule has 0 heterocycles. The third-order valence-corrected chi connectivity index (χ3v) is 3.84. The fourth-order valence-corrected chi connectivity index (χ4v) is 3.26. The second-order valence-corrected chi connectivity index (χ2v) is 8.72. The van der Waals surface area contributed by atoms with Gasteiger partial charge in [-0.15, -0.1) is 0 Å². The van der Waals surface area contributed by atoms with Crippen molar-refractivity contribution in [3.8, 4) is 0 Å². The summed E-state index contributed by atoms with van der Waals surface area (Å²) in [6, 6.07) is 0. The van der Waals surface area contributed by atoms with Crippen molar-refractivity contribution in [2.75, 3.05) is 6.54 Å². The second kappa shape index (κ2) is 5.94. The van der Waals surface area contributed by atoms with E-state index in [9.17, 15) is 0 Å². The van der Waals surface area contributed by atoms with Crippen LogP contribution in [0.25, 0.3) is 0 Å². The minimum Gasteiger partial charge on any atom is -0.293 e. The molecule has 0 aliphatic heterocycles. The SMILES string of the molecule is CCC(C)(C)N(CC(C)C)C(C)(C)CC(C)(C)C. The molecule has 0 aromatic heterocycles. The van der Waals surface area contributed by atoms with Gasteiger partial charge in [0.2, 0.25) is 0 Å². The molecule has 0 spiro atoms. The van der Waals surface area contributed by atoms with Crippen molar-refractivity contribution < 1.29 is 0 Å². The molecule has 0 unspecified atom stereocenters. The highest BCUT2D eigenvalue weighted by Crippen LogP contribution is 2.36. The van der Waals surface area contributed by atoms with E-state index < -0.39 is 0 Å². The number of rotatable bonds is 6. The summed E-state index contributed by atoms with van der Waals surface area (Å²) in [7, 11) is 0. The fraction of sp³-hybridized carbons (Fsp3) is 1.00. The van der Waals surface area contributed by atoms with Crippen LogP contribution in [0.3, 0.4) is 0 Å². The van der Waals surface area contributed by atoms with E-state index >= 15 is 0 Å². The summed E-state index contributed by atoms with van der Waals surface area (Å²) in [4.78, 5) is 2.73. The zero-order chi connectivity index (χ0) is 14.8. The Morgan fingerprint density at radius 1 is 0.833 bits per heavy atom. The van der Waals surface area contributed by atoms with E-state index in [0.29, 0.717) is 5.41 Å². The standard InChI is InChI=1S/C17H37N/c1-11-16(7,8)18(12-14(2)3)17(9,10)13-15(4,5)6/h14H,11-13H2,1-10H3. The molecule has 18 heavy (non-hydrogen) atoms. The summed E-state index contributed by atoms with van der Waals surface area (Å²) < 4.78 is 0. The normalized spacial score (nSPS) is 14.7. The molecule has 0 saturated heterocycles. The van der Waals surface area contributed by atoms with Crippen molar-refractivity contribution in [2.45, 2.75) is 93.2 Å². The minimum absolute atomic E-state index is 0.252. The molecular weight excluding hydrogens is 218 g/mol. The molecule has 0 N–H and O–H groups in total. The Hall–Kier alpha value is -0.0400. The lowest BCUT2D eigenvalue weighted by molar-refractivity contribution is -0.0176. The van der Waals surface area contributed by atoms with Crippen LogP contribution in [-0.4, -0.2) is 22.5 Å². The molecule has 0 aromatic carbocycles. The molecule has 0 aromatic rings. The van der Waals surface area contributed by atoms with Crippen LogP contribution in [0.5, 0.6) is 0 Å². The maximum absolute atomic E-state index is 2.73. The second-order valence-electron chi connectivity index (χ2n) is 8.72.